The van der Waals surface area contributed by atoms with E-state index in [1.807, 2.05) is 0 Å². The van der Waals surface area contributed by atoms with Crippen LogP contribution in [0, 0.1) is 25.1 Å². The molecule has 2 unspecified atom stereocenters. The highest BCUT2D eigenvalue weighted by Crippen LogP contribution is 2.43. The summed E-state index contributed by atoms with van der Waals surface area (Å²) in [6, 6.07) is 5.63. The fourth-order valence-corrected chi connectivity index (χ4v) is 6.56. The van der Waals surface area contributed by atoms with Crippen LogP contribution in [-0.4, -0.2) is 58.7 Å². The van der Waals surface area contributed by atoms with Crippen molar-refractivity contribution in [1.82, 2.24) is 0 Å². The molecule has 2 atom stereocenters. The summed E-state index contributed by atoms with van der Waals surface area (Å²) in [5.41, 5.74) is -0.266. The number of nitro benzene ring substituents is 2. The van der Waals surface area contributed by atoms with Crippen LogP contribution in [0.4, 0.5) is 11.4 Å². The maximum absolute atomic E-state index is 11.2. The molecular formula is C28H38N4O12S4. The van der Waals surface area contributed by atoms with Crippen molar-refractivity contribution >= 4 is 60.6 Å². The molecule has 0 fully saturated rings. The van der Waals surface area contributed by atoms with Crippen LogP contribution < -0.4 is 34.3 Å². The minimum Gasteiger partial charge on any atom is -0.487 e. The molecule has 266 valence electrons. The molecule has 0 aromatic heterocycles. The summed E-state index contributed by atoms with van der Waals surface area (Å²) < 4.78 is 39.1. The highest BCUT2D eigenvalue weighted by Gasteiger charge is 2.25. The third-order valence-electron chi connectivity index (χ3n) is 6.91. The number of hydrogen-bond donors (Lipinski definition) is 3. The van der Waals surface area contributed by atoms with Crippen molar-refractivity contribution in [2.75, 3.05) is 38.3 Å². The molecule has 4 rings (SSSR count). The lowest BCUT2D eigenvalue weighted by molar-refractivity contribution is -0.386. The summed E-state index contributed by atoms with van der Waals surface area (Å²) in [6.45, 7) is 0.840. The van der Waals surface area contributed by atoms with Crippen LogP contribution >= 0.6 is 49.2 Å². The standard InChI is InChI=1S/C14H19N3O7S2.C14H19NO5S2/c15-24-25-6-4-10(26-16-18)3-1-2-5-21-12-8-14-13(22-9-23-14)7-11(12)17(19)20;16-15(17)11-7-13-14(20-9-19-13)8-12(11)18-5-2-1-3-10(22)4-6-21/h7-8,10H,1-6,9,15H2;7-8,10,21-22H,1-6,9H2. The number of benzene rings is 2. The predicted octanol–water partition coefficient (Wildman–Crippen LogP) is 7.08. The zero-order chi connectivity index (χ0) is 34.7. The van der Waals surface area contributed by atoms with E-state index in [1.54, 1.807) is 0 Å². The lowest BCUT2D eigenvalue weighted by Gasteiger charge is -2.12. The van der Waals surface area contributed by atoms with Gasteiger partial charge in [0, 0.05) is 57.0 Å². The molecule has 0 bridgehead atoms. The Kier molecular flexibility index (Phi) is 17.9. The average Bonchev–Trinajstić information content (AvgIpc) is 3.73. The molecule has 2 aliphatic heterocycles. The first-order valence-corrected chi connectivity index (χ1v) is 17.8. The second-order valence-corrected chi connectivity index (χ2v) is 13.3. The number of thiol groups is 2. The van der Waals surface area contributed by atoms with Crippen LogP contribution in [0.3, 0.4) is 0 Å². The van der Waals surface area contributed by atoms with Crippen LogP contribution in [-0.2, 0) is 4.28 Å². The maximum Gasteiger partial charge on any atom is 0.314 e. The number of unbranched alkanes of at least 4 members (excludes halogenated alkanes) is 2. The number of nitrogens with zero attached hydrogens (tertiary/aromatic N) is 3. The molecule has 0 saturated heterocycles. The molecule has 2 aromatic carbocycles. The average molecular weight is 751 g/mol. The fraction of sp³-hybridized carbons (Fsp3) is 0.571. The molecule has 2 N–H and O–H groups in total. The van der Waals surface area contributed by atoms with E-state index in [0.29, 0.717) is 53.6 Å². The molecule has 16 nitrogen and oxygen atoms in total. The minimum atomic E-state index is -0.517. The molecule has 0 saturated carbocycles. The van der Waals surface area contributed by atoms with Gasteiger partial charge in [-0.3, -0.25) is 20.2 Å². The van der Waals surface area contributed by atoms with E-state index >= 15 is 0 Å². The highest BCUT2D eigenvalue weighted by molar-refractivity contribution is 7.98. The van der Waals surface area contributed by atoms with Gasteiger partial charge >= 0.3 is 11.4 Å². The first kappa shape index (κ1) is 39.4. The maximum atomic E-state index is 11.2. The summed E-state index contributed by atoms with van der Waals surface area (Å²) in [5, 5.41) is 22.7. The Morgan fingerprint density at radius 3 is 1.77 bits per heavy atom. The smallest absolute Gasteiger partial charge is 0.314 e. The highest BCUT2D eigenvalue weighted by atomic mass is 32.2. The predicted molar refractivity (Wildman–Crippen MR) is 188 cm³/mol. The zero-order valence-electron chi connectivity index (χ0n) is 25.9. The van der Waals surface area contributed by atoms with E-state index in [0.717, 1.165) is 74.7 Å². The molecule has 0 aliphatic carbocycles. The number of ether oxygens (including phenoxy) is 6. The van der Waals surface area contributed by atoms with Gasteiger partial charge in [0.05, 0.1) is 35.2 Å². The molecular weight excluding hydrogens is 713 g/mol. The Labute approximate surface area is 296 Å². The van der Waals surface area contributed by atoms with Crippen LogP contribution in [0.25, 0.3) is 0 Å². The summed E-state index contributed by atoms with van der Waals surface area (Å²) in [5.74, 6) is 8.42. The van der Waals surface area contributed by atoms with Gasteiger partial charge in [0.1, 0.15) is 0 Å². The number of fused-ring (bicyclic) bond motifs is 2. The number of nitro groups is 2. The van der Waals surface area contributed by atoms with Crippen molar-refractivity contribution in [3.63, 3.8) is 0 Å². The molecule has 0 spiro atoms. The van der Waals surface area contributed by atoms with Crippen LogP contribution in [0.5, 0.6) is 34.5 Å². The van der Waals surface area contributed by atoms with Gasteiger partial charge in [-0.2, -0.15) is 25.3 Å². The second kappa shape index (κ2) is 21.8. The molecule has 48 heavy (non-hydrogen) atoms. The van der Waals surface area contributed by atoms with E-state index in [-0.39, 0.29) is 41.7 Å². The van der Waals surface area contributed by atoms with Gasteiger partial charge in [0.2, 0.25) is 25.1 Å². The van der Waals surface area contributed by atoms with Crippen molar-refractivity contribution in [2.45, 2.75) is 61.9 Å². The molecule has 2 aromatic rings. The summed E-state index contributed by atoms with van der Waals surface area (Å²) in [4.78, 5) is 31.7. The number of nitroso groups, excluding NO2 is 1. The monoisotopic (exact) mass is 750 g/mol. The number of rotatable bonds is 22. The fourth-order valence-electron chi connectivity index (χ4n) is 4.49. The van der Waals surface area contributed by atoms with Gasteiger partial charge in [-0.25, -0.2) is 10.2 Å². The van der Waals surface area contributed by atoms with E-state index < -0.39 is 9.85 Å². The SMILES string of the molecule is NOSCCC(CCCCOc1cc2c(cc1[N+](=O)[O-])OCO2)SN=O.O=[N+]([O-])c1cc2c(cc1OCCCCC(S)CCS)OCO2. The normalized spacial score (nSPS) is 13.6. The van der Waals surface area contributed by atoms with Crippen LogP contribution in [0.2, 0.25) is 0 Å². The Morgan fingerprint density at radius 2 is 1.31 bits per heavy atom. The Hall–Kier alpha value is -3.04. The third-order valence-corrected chi connectivity index (χ3v) is 9.08. The lowest BCUT2D eigenvalue weighted by Crippen LogP contribution is -2.06. The van der Waals surface area contributed by atoms with Crippen molar-refractivity contribution in [3.05, 3.63) is 49.4 Å². The van der Waals surface area contributed by atoms with Gasteiger partial charge in [0.25, 0.3) is 0 Å². The molecule has 20 heteroatoms. The molecule has 2 aliphatic rings. The Balaban J connectivity index is 0.000000264. The van der Waals surface area contributed by atoms with Crippen molar-refractivity contribution in [3.8, 4) is 34.5 Å². The van der Waals surface area contributed by atoms with Gasteiger partial charge < -0.3 is 28.4 Å². The van der Waals surface area contributed by atoms with Crippen molar-refractivity contribution in [1.29, 1.82) is 0 Å². The minimum absolute atomic E-state index is 0.0350. The third kappa shape index (κ3) is 13.1. The Bertz CT molecular complexity index is 1350. The molecule has 0 amide bonds. The van der Waals surface area contributed by atoms with E-state index in [9.17, 15) is 25.1 Å². The lowest BCUT2D eigenvalue weighted by atomic mass is 10.1. The van der Waals surface area contributed by atoms with E-state index in [2.05, 4.69) is 34.1 Å². The van der Waals surface area contributed by atoms with Crippen LogP contribution in [0.1, 0.15) is 51.4 Å². The van der Waals surface area contributed by atoms with Crippen molar-refractivity contribution < 1.29 is 42.6 Å². The largest absolute Gasteiger partial charge is 0.487 e. The quantitative estimate of drug-likeness (QED) is 0.0209. The molecule has 2 heterocycles. The summed E-state index contributed by atoms with van der Waals surface area (Å²) in [7, 11) is 0. The van der Waals surface area contributed by atoms with Crippen LogP contribution in [0.15, 0.2) is 28.8 Å². The zero-order valence-corrected chi connectivity index (χ0v) is 29.3. The number of nitrogens with two attached hydrogens (primary N) is 1. The van der Waals surface area contributed by atoms with E-state index in [4.69, 9.17) is 34.3 Å². The van der Waals surface area contributed by atoms with Gasteiger partial charge in [-0.15, -0.1) is 4.91 Å². The van der Waals surface area contributed by atoms with Crippen molar-refractivity contribution in [2.24, 2.45) is 10.5 Å². The second-order valence-electron chi connectivity index (χ2n) is 10.2. The van der Waals surface area contributed by atoms with Gasteiger partial charge in [-0.1, -0.05) is 0 Å². The van der Waals surface area contributed by atoms with Gasteiger partial charge in [0.15, 0.2) is 23.0 Å². The topological polar surface area (TPSA) is 206 Å². The number of hydrogen-bond acceptors (Lipinski definition) is 18. The first-order chi connectivity index (χ1) is 23.3. The van der Waals surface area contributed by atoms with E-state index in [1.165, 1.54) is 24.3 Å². The Morgan fingerprint density at radius 1 is 0.812 bits per heavy atom. The summed E-state index contributed by atoms with van der Waals surface area (Å²) >= 11 is 10.8. The molecule has 0 radical (unpaired) electrons. The summed E-state index contributed by atoms with van der Waals surface area (Å²) in [6.07, 6.45) is 6.72. The van der Waals surface area contributed by atoms with Gasteiger partial charge in [-0.05, 0) is 57.1 Å². The first-order valence-electron chi connectivity index (χ1n) is 14.9.